The van der Waals surface area contributed by atoms with E-state index >= 15 is 0 Å². The molecule has 1 N–H and O–H groups in total. The van der Waals surface area contributed by atoms with E-state index in [0.717, 1.165) is 36.2 Å². The van der Waals surface area contributed by atoms with E-state index in [4.69, 9.17) is 0 Å². The highest BCUT2D eigenvalue weighted by Gasteiger charge is 2.09. The maximum absolute atomic E-state index is 4.37. The van der Waals surface area contributed by atoms with Gasteiger partial charge in [0, 0.05) is 32.5 Å². The number of nitrogens with one attached hydrogen (secondary N) is 1. The lowest BCUT2D eigenvalue weighted by Gasteiger charge is -2.06. The molecule has 0 amide bonds. The molecule has 98 valence electrons. The van der Waals surface area contributed by atoms with Crippen molar-refractivity contribution < 1.29 is 0 Å². The molecule has 0 unspecified atom stereocenters. The Morgan fingerprint density at radius 1 is 1.44 bits per heavy atom. The molecule has 0 aliphatic carbocycles. The summed E-state index contributed by atoms with van der Waals surface area (Å²) in [7, 11) is 1.97. The lowest BCUT2D eigenvalue weighted by atomic mass is 10.3. The van der Waals surface area contributed by atoms with Crippen LogP contribution in [0.3, 0.4) is 0 Å². The molecule has 0 atom stereocenters. The Labute approximate surface area is 115 Å². The average molecular weight is 312 g/mol. The van der Waals surface area contributed by atoms with Gasteiger partial charge in [-0.1, -0.05) is 0 Å². The van der Waals surface area contributed by atoms with Crippen molar-refractivity contribution in [1.82, 2.24) is 24.9 Å². The summed E-state index contributed by atoms with van der Waals surface area (Å²) in [5.41, 5.74) is 2.22. The van der Waals surface area contributed by atoms with Crippen LogP contribution >= 0.6 is 15.9 Å². The fourth-order valence-corrected chi connectivity index (χ4v) is 2.35. The summed E-state index contributed by atoms with van der Waals surface area (Å²) in [4.78, 5) is 0. The van der Waals surface area contributed by atoms with E-state index in [1.165, 1.54) is 5.69 Å². The van der Waals surface area contributed by atoms with Crippen LogP contribution in [0.25, 0.3) is 0 Å². The molecule has 0 aromatic carbocycles. The maximum atomic E-state index is 4.37. The van der Waals surface area contributed by atoms with Crippen molar-refractivity contribution in [1.29, 1.82) is 0 Å². The first-order valence-electron chi connectivity index (χ1n) is 6.04. The Morgan fingerprint density at radius 2 is 2.28 bits per heavy atom. The smallest absolute Gasteiger partial charge is 0.0739 e. The van der Waals surface area contributed by atoms with Gasteiger partial charge in [0.15, 0.2) is 0 Å². The third-order valence-electron chi connectivity index (χ3n) is 2.85. The van der Waals surface area contributed by atoms with Gasteiger partial charge in [-0.2, -0.15) is 10.2 Å². The van der Waals surface area contributed by atoms with Gasteiger partial charge in [0.1, 0.15) is 0 Å². The summed E-state index contributed by atoms with van der Waals surface area (Å²) in [5.74, 6) is 0. The Kier molecular flexibility index (Phi) is 4.54. The minimum absolute atomic E-state index is 0.830. The molecule has 2 aromatic heterocycles. The fraction of sp³-hybridized carbons (Fsp3) is 0.500. The zero-order chi connectivity index (χ0) is 13.0. The van der Waals surface area contributed by atoms with Crippen LogP contribution in [-0.4, -0.2) is 26.1 Å². The zero-order valence-electron chi connectivity index (χ0n) is 10.7. The normalized spacial score (nSPS) is 11.1. The Balaban J connectivity index is 1.72. The summed E-state index contributed by atoms with van der Waals surface area (Å²) < 4.78 is 4.97. The van der Waals surface area contributed by atoms with Gasteiger partial charge in [0.05, 0.1) is 15.9 Å². The van der Waals surface area contributed by atoms with Crippen molar-refractivity contribution in [3.63, 3.8) is 0 Å². The van der Waals surface area contributed by atoms with E-state index < -0.39 is 0 Å². The number of aromatic nitrogens is 4. The van der Waals surface area contributed by atoms with Crippen molar-refractivity contribution in [3.05, 3.63) is 34.3 Å². The molecule has 2 heterocycles. The minimum atomic E-state index is 0.830. The first-order chi connectivity index (χ1) is 8.68. The molecule has 6 heteroatoms. The standard InChI is InChI=1S/C12H18BrN5/c1-10-12(13)11(17(2)16-10)9-14-5-3-7-18-8-4-6-15-18/h4,6,8,14H,3,5,7,9H2,1-2H3. The van der Waals surface area contributed by atoms with Gasteiger partial charge in [0.2, 0.25) is 0 Å². The zero-order valence-corrected chi connectivity index (χ0v) is 12.3. The van der Waals surface area contributed by atoms with Gasteiger partial charge in [-0.15, -0.1) is 0 Å². The van der Waals surface area contributed by atoms with Gasteiger partial charge in [-0.05, 0) is 41.9 Å². The third-order valence-corrected chi connectivity index (χ3v) is 3.89. The predicted molar refractivity (Wildman–Crippen MR) is 74.2 cm³/mol. The molecule has 2 rings (SSSR count). The van der Waals surface area contributed by atoms with Crippen LogP contribution in [0, 0.1) is 6.92 Å². The lowest BCUT2D eigenvalue weighted by Crippen LogP contribution is -2.18. The van der Waals surface area contributed by atoms with E-state index in [-0.39, 0.29) is 0 Å². The molecule has 2 aromatic rings. The fourth-order valence-electron chi connectivity index (χ4n) is 1.88. The summed E-state index contributed by atoms with van der Waals surface area (Å²) in [6.07, 6.45) is 4.86. The van der Waals surface area contributed by atoms with Gasteiger partial charge < -0.3 is 5.32 Å². The highest BCUT2D eigenvalue weighted by Crippen LogP contribution is 2.19. The van der Waals surface area contributed by atoms with Crippen LogP contribution in [-0.2, 0) is 20.1 Å². The quantitative estimate of drug-likeness (QED) is 0.829. The van der Waals surface area contributed by atoms with Crippen LogP contribution in [0.1, 0.15) is 17.8 Å². The van der Waals surface area contributed by atoms with E-state index in [0.29, 0.717) is 0 Å². The molecule has 0 bridgehead atoms. The monoisotopic (exact) mass is 311 g/mol. The second kappa shape index (κ2) is 6.15. The molecular formula is C12H18BrN5. The minimum Gasteiger partial charge on any atom is -0.311 e. The van der Waals surface area contributed by atoms with E-state index in [2.05, 4.69) is 31.4 Å². The summed E-state index contributed by atoms with van der Waals surface area (Å²) >= 11 is 3.56. The van der Waals surface area contributed by atoms with Gasteiger partial charge in [-0.25, -0.2) is 0 Å². The first-order valence-corrected chi connectivity index (χ1v) is 6.84. The van der Waals surface area contributed by atoms with Crippen molar-refractivity contribution in [2.24, 2.45) is 7.05 Å². The second-order valence-electron chi connectivity index (χ2n) is 4.27. The maximum Gasteiger partial charge on any atom is 0.0739 e. The van der Waals surface area contributed by atoms with Crippen LogP contribution in [0.4, 0.5) is 0 Å². The molecule has 0 aliphatic rings. The van der Waals surface area contributed by atoms with Crippen molar-refractivity contribution in [2.45, 2.75) is 26.4 Å². The summed E-state index contributed by atoms with van der Waals surface area (Å²) in [5, 5.41) is 12.0. The highest BCUT2D eigenvalue weighted by molar-refractivity contribution is 9.10. The molecule has 0 radical (unpaired) electrons. The molecule has 0 saturated heterocycles. The number of nitrogens with zero attached hydrogens (tertiary/aromatic N) is 4. The highest BCUT2D eigenvalue weighted by atomic mass is 79.9. The van der Waals surface area contributed by atoms with Gasteiger partial charge in [0.25, 0.3) is 0 Å². The van der Waals surface area contributed by atoms with Crippen molar-refractivity contribution in [2.75, 3.05) is 6.54 Å². The molecule has 0 spiro atoms. The topological polar surface area (TPSA) is 47.7 Å². The summed E-state index contributed by atoms with van der Waals surface area (Å²) in [6.45, 7) is 4.75. The SMILES string of the molecule is Cc1nn(C)c(CNCCCn2cccn2)c1Br. The van der Waals surface area contributed by atoms with Crippen LogP contribution in [0.5, 0.6) is 0 Å². The second-order valence-corrected chi connectivity index (χ2v) is 5.06. The number of hydrogen-bond donors (Lipinski definition) is 1. The Morgan fingerprint density at radius 3 is 2.89 bits per heavy atom. The van der Waals surface area contributed by atoms with Crippen molar-refractivity contribution >= 4 is 15.9 Å². The first kappa shape index (κ1) is 13.3. The number of rotatable bonds is 6. The molecule has 5 nitrogen and oxygen atoms in total. The van der Waals surface area contributed by atoms with E-state index in [1.807, 2.05) is 41.8 Å². The van der Waals surface area contributed by atoms with Crippen molar-refractivity contribution in [3.8, 4) is 0 Å². The largest absolute Gasteiger partial charge is 0.311 e. The van der Waals surface area contributed by atoms with Crippen LogP contribution in [0.15, 0.2) is 22.9 Å². The number of aryl methyl sites for hydroxylation is 3. The average Bonchev–Trinajstić information content (AvgIpc) is 2.92. The molecule has 0 fully saturated rings. The molecule has 0 saturated carbocycles. The Hall–Kier alpha value is -1.14. The molecule has 18 heavy (non-hydrogen) atoms. The van der Waals surface area contributed by atoms with E-state index in [1.54, 1.807) is 0 Å². The molecular weight excluding hydrogens is 294 g/mol. The Bertz CT molecular complexity index is 489. The van der Waals surface area contributed by atoms with Crippen LogP contribution in [0.2, 0.25) is 0 Å². The van der Waals surface area contributed by atoms with E-state index in [9.17, 15) is 0 Å². The molecule has 0 aliphatic heterocycles. The lowest BCUT2D eigenvalue weighted by molar-refractivity contribution is 0.534. The number of hydrogen-bond acceptors (Lipinski definition) is 3. The van der Waals surface area contributed by atoms with Gasteiger partial charge in [-0.3, -0.25) is 9.36 Å². The predicted octanol–water partition coefficient (Wildman–Crippen LogP) is 1.87. The number of halogens is 1. The summed E-state index contributed by atoms with van der Waals surface area (Å²) in [6, 6.07) is 1.95. The third kappa shape index (κ3) is 3.20. The van der Waals surface area contributed by atoms with Crippen LogP contribution < -0.4 is 5.32 Å². The van der Waals surface area contributed by atoms with Gasteiger partial charge >= 0.3 is 0 Å².